The summed E-state index contributed by atoms with van der Waals surface area (Å²) in [6.45, 7) is 12.6. The molecule has 0 bridgehead atoms. The summed E-state index contributed by atoms with van der Waals surface area (Å²) in [6, 6.07) is 0. The fourth-order valence-corrected chi connectivity index (χ4v) is 10.3. The summed E-state index contributed by atoms with van der Waals surface area (Å²) in [5, 5.41) is 0. The van der Waals surface area contributed by atoms with Crippen LogP contribution in [0.4, 0.5) is 0 Å². The Kier molecular flexibility index (Phi) is 4.44. The topological polar surface area (TPSA) is 17.1 Å². The van der Waals surface area contributed by atoms with E-state index in [-0.39, 0.29) is 0 Å². The Morgan fingerprint density at radius 3 is 2.46 bits per heavy atom. The molecule has 5 saturated carbocycles. The van der Waals surface area contributed by atoms with Crippen molar-refractivity contribution in [3.05, 3.63) is 0 Å². The van der Waals surface area contributed by atoms with E-state index in [1.165, 1.54) is 64.2 Å². The third kappa shape index (κ3) is 2.34. The highest BCUT2D eigenvalue weighted by molar-refractivity contribution is 5.90. The molecule has 0 amide bonds. The third-order valence-corrected chi connectivity index (χ3v) is 11.6. The minimum atomic E-state index is 0.396. The second-order valence-electron chi connectivity index (χ2n) is 12.8. The van der Waals surface area contributed by atoms with Gasteiger partial charge in [0, 0.05) is 12.3 Å². The Labute approximate surface area is 173 Å². The molecule has 158 valence electrons. The zero-order valence-electron chi connectivity index (χ0n) is 19.2. The van der Waals surface area contributed by atoms with E-state index < -0.39 is 0 Å². The van der Waals surface area contributed by atoms with E-state index in [0.717, 1.165) is 41.9 Å². The van der Waals surface area contributed by atoms with Crippen LogP contribution >= 0.6 is 0 Å². The fraction of sp³-hybridized carbons (Fsp3) is 0.963. The summed E-state index contributed by atoms with van der Waals surface area (Å²) in [4.78, 5) is 12.6. The molecule has 1 spiro atoms. The van der Waals surface area contributed by atoms with Crippen LogP contribution in [0.5, 0.6) is 0 Å². The second-order valence-corrected chi connectivity index (χ2v) is 12.8. The van der Waals surface area contributed by atoms with E-state index in [9.17, 15) is 4.79 Å². The predicted molar refractivity (Wildman–Crippen MR) is 116 cm³/mol. The standard InChI is InChI=1S/C27H44O/c1-17(2)7-6-8-18(3)20-9-10-21-19-11-15-27-16-13-23(28)24(27)26(27,5)22(19)12-14-25(20,21)4/h17-22,24H,6-16H2,1-5H3/t18-,19+,20-,21-,22+,24+,25-,26+,27+/m1/s1. The van der Waals surface area contributed by atoms with Crippen molar-refractivity contribution < 1.29 is 4.79 Å². The Bertz CT molecular complexity index is 651. The molecule has 0 saturated heterocycles. The van der Waals surface area contributed by atoms with Gasteiger partial charge in [-0.3, -0.25) is 4.79 Å². The lowest BCUT2D eigenvalue weighted by Gasteiger charge is -2.55. The van der Waals surface area contributed by atoms with E-state index in [1.54, 1.807) is 0 Å². The molecule has 0 N–H and O–H groups in total. The highest BCUT2D eigenvalue weighted by atomic mass is 16.1. The molecule has 0 heterocycles. The van der Waals surface area contributed by atoms with Crippen molar-refractivity contribution in [2.75, 3.05) is 0 Å². The zero-order chi connectivity index (χ0) is 19.9. The first-order chi connectivity index (χ1) is 13.3. The SMILES string of the molecule is CC(C)CCC[C@@H](C)[C@H]1CC[C@@H]2[C@@H]3CC[C@]45CCC(=O)[C@H]4[C@]5(C)[C@H]3CC[C@@]21C. The number of fused-ring (bicyclic) bond motifs is 5. The van der Waals surface area contributed by atoms with Crippen molar-refractivity contribution in [2.45, 2.75) is 105 Å². The third-order valence-electron chi connectivity index (χ3n) is 11.6. The number of Topliss-reactive ketones (excluding diaryl/α,β-unsaturated/α-hetero) is 1. The monoisotopic (exact) mass is 384 g/mol. The van der Waals surface area contributed by atoms with Crippen LogP contribution in [0, 0.1) is 57.7 Å². The van der Waals surface area contributed by atoms with E-state index >= 15 is 0 Å². The first-order valence-corrected chi connectivity index (χ1v) is 12.8. The molecule has 0 aromatic rings. The summed E-state index contributed by atoms with van der Waals surface area (Å²) in [7, 11) is 0. The van der Waals surface area contributed by atoms with Gasteiger partial charge in [-0.1, -0.05) is 53.9 Å². The highest BCUT2D eigenvalue weighted by Crippen LogP contribution is 2.85. The molecule has 0 radical (unpaired) electrons. The molecule has 1 nitrogen and oxygen atoms in total. The molecule has 9 atom stereocenters. The molecule has 5 fully saturated rings. The molecule has 5 rings (SSSR count). The van der Waals surface area contributed by atoms with Gasteiger partial charge in [-0.15, -0.1) is 0 Å². The van der Waals surface area contributed by atoms with Crippen LogP contribution < -0.4 is 0 Å². The first kappa shape index (κ1) is 19.6. The minimum Gasteiger partial charge on any atom is -0.299 e. The summed E-state index contributed by atoms with van der Waals surface area (Å²) in [6.07, 6.45) is 15.1. The first-order valence-electron chi connectivity index (χ1n) is 12.8. The number of rotatable bonds is 5. The highest BCUT2D eigenvalue weighted by Gasteiger charge is 2.82. The molecule has 0 aliphatic heterocycles. The zero-order valence-corrected chi connectivity index (χ0v) is 19.2. The minimum absolute atomic E-state index is 0.396. The summed E-state index contributed by atoms with van der Waals surface area (Å²) >= 11 is 0. The van der Waals surface area contributed by atoms with Crippen LogP contribution in [0.15, 0.2) is 0 Å². The smallest absolute Gasteiger partial charge is 0.137 e. The molecule has 0 aromatic carbocycles. The molecule has 28 heavy (non-hydrogen) atoms. The van der Waals surface area contributed by atoms with E-state index in [4.69, 9.17) is 0 Å². The van der Waals surface area contributed by atoms with E-state index in [1.807, 2.05) is 0 Å². The maximum absolute atomic E-state index is 12.6. The Hall–Kier alpha value is -0.330. The van der Waals surface area contributed by atoms with Gasteiger partial charge in [0.2, 0.25) is 0 Å². The number of carbonyl (C=O) groups excluding carboxylic acids is 1. The Morgan fingerprint density at radius 1 is 0.929 bits per heavy atom. The number of carbonyl (C=O) groups is 1. The van der Waals surface area contributed by atoms with Crippen molar-refractivity contribution in [1.29, 1.82) is 0 Å². The van der Waals surface area contributed by atoms with Gasteiger partial charge >= 0.3 is 0 Å². The lowest BCUT2D eigenvalue weighted by Crippen LogP contribution is -2.48. The Balaban J connectivity index is 1.32. The van der Waals surface area contributed by atoms with Crippen LogP contribution in [0.25, 0.3) is 0 Å². The second kappa shape index (κ2) is 6.34. The number of ketones is 1. The summed E-state index contributed by atoms with van der Waals surface area (Å²) in [5.74, 6) is 6.56. The van der Waals surface area contributed by atoms with Gasteiger partial charge < -0.3 is 0 Å². The molecular weight excluding hydrogens is 340 g/mol. The summed E-state index contributed by atoms with van der Waals surface area (Å²) in [5.41, 5.74) is 1.45. The quantitative estimate of drug-likeness (QED) is 0.486. The van der Waals surface area contributed by atoms with Crippen molar-refractivity contribution in [3.8, 4) is 0 Å². The lowest BCUT2D eigenvalue weighted by molar-refractivity contribution is -0.121. The van der Waals surface area contributed by atoms with Crippen molar-refractivity contribution in [3.63, 3.8) is 0 Å². The average Bonchev–Trinajstić information content (AvgIpc) is 2.87. The molecule has 5 aliphatic carbocycles. The maximum Gasteiger partial charge on any atom is 0.137 e. The molecule has 0 aromatic heterocycles. The van der Waals surface area contributed by atoms with Gasteiger partial charge in [0.15, 0.2) is 0 Å². The number of hydrogen-bond donors (Lipinski definition) is 0. The van der Waals surface area contributed by atoms with Gasteiger partial charge in [-0.05, 0) is 96.7 Å². The normalized spacial score (nSPS) is 52.8. The van der Waals surface area contributed by atoms with Crippen molar-refractivity contribution >= 4 is 5.78 Å². The van der Waals surface area contributed by atoms with Crippen molar-refractivity contribution in [1.82, 2.24) is 0 Å². The van der Waals surface area contributed by atoms with Crippen LogP contribution in [-0.4, -0.2) is 5.78 Å². The number of hydrogen-bond acceptors (Lipinski definition) is 1. The maximum atomic E-state index is 12.6. The molecule has 5 aliphatic rings. The Morgan fingerprint density at radius 2 is 1.71 bits per heavy atom. The lowest BCUT2D eigenvalue weighted by atomic mass is 9.50. The van der Waals surface area contributed by atoms with Crippen LogP contribution in [0.1, 0.15) is 105 Å². The van der Waals surface area contributed by atoms with Gasteiger partial charge in [-0.2, -0.15) is 0 Å². The van der Waals surface area contributed by atoms with Gasteiger partial charge in [0.1, 0.15) is 5.78 Å². The average molecular weight is 385 g/mol. The molecule has 0 unspecified atom stereocenters. The fourth-order valence-electron chi connectivity index (χ4n) is 10.3. The van der Waals surface area contributed by atoms with Gasteiger partial charge in [-0.25, -0.2) is 0 Å². The molecular formula is C27H44O. The van der Waals surface area contributed by atoms with Crippen molar-refractivity contribution in [2.24, 2.45) is 57.7 Å². The van der Waals surface area contributed by atoms with E-state index in [0.29, 0.717) is 27.9 Å². The van der Waals surface area contributed by atoms with Crippen LogP contribution in [0.2, 0.25) is 0 Å². The van der Waals surface area contributed by atoms with Gasteiger partial charge in [0.05, 0.1) is 0 Å². The summed E-state index contributed by atoms with van der Waals surface area (Å²) < 4.78 is 0. The molecule has 1 heteroatoms. The van der Waals surface area contributed by atoms with E-state index in [2.05, 4.69) is 34.6 Å². The predicted octanol–water partition coefficient (Wildman–Crippen LogP) is 7.29. The van der Waals surface area contributed by atoms with Crippen LogP contribution in [-0.2, 0) is 4.79 Å². The largest absolute Gasteiger partial charge is 0.299 e. The van der Waals surface area contributed by atoms with Gasteiger partial charge in [0.25, 0.3) is 0 Å². The van der Waals surface area contributed by atoms with Crippen LogP contribution in [0.3, 0.4) is 0 Å².